The van der Waals surface area contributed by atoms with Crippen LogP contribution in [0.3, 0.4) is 0 Å². The smallest absolute Gasteiger partial charge is 0.253 e. The van der Waals surface area contributed by atoms with E-state index in [2.05, 4.69) is 10.4 Å². The van der Waals surface area contributed by atoms with Crippen LogP contribution in [0.2, 0.25) is 5.02 Å². The van der Waals surface area contributed by atoms with E-state index in [1.807, 2.05) is 20.9 Å². The number of amides is 1. The summed E-state index contributed by atoms with van der Waals surface area (Å²) < 4.78 is 1.80. The van der Waals surface area contributed by atoms with Crippen molar-refractivity contribution in [3.63, 3.8) is 0 Å². The van der Waals surface area contributed by atoms with Crippen LogP contribution in [-0.2, 0) is 13.6 Å². The van der Waals surface area contributed by atoms with Crippen molar-refractivity contribution in [1.82, 2.24) is 15.1 Å². The van der Waals surface area contributed by atoms with Crippen molar-refractivity contribution >= 4 is 23.2 Å². The van der Waals surface area contributed by atoms with E-state index in [4.69, 9.17) is 17.3 Å². The van der Waals surface area contributed by atoms with E-state index in [9.17, 15) is 4.79 Å². The monoisotopic (exact) mass is 292 g/mol. The summed E-state index contributed by atoms with van der Waals surface area (Å²) in [6.07, 6.45) is 0. The summed E-state index contributed by atoms with van der Waals surface area (Å²) in [7, 11) is 1.88. The van der Waals surface area contributed by atoms with E-state index in [1.165, 1.54) is 0 Å². The predicted molar refractivity (Wildman–Crippen MR) is 79.7 cm³/mol. The predicted octanol–water partition coefficient (Wildman–Crippen LogP) is 2.20. The Hall–Kier alpha value is -2.01. The second-order valence-corrected chi connectivity index (χ2v) is 5.10. The first-order valence-electron chi connectivity index (χ1n) is 6.22. The van der Waals surface area contributed by atoms with Crippen LogP contribution in [0.5, 0.6) is 0 Å². The number of aryl methyl sites for hydroxylation is 2. The minimum Gasteiger partial charge on any atom is -0.399 e. The van der Waals surface area contributed by atoms with Crippen LogP contribution in [0.4, 0.5) is 5.69 Å². The average Bonchev–Trinajstić information content (AvgIpc) is 2.64. The molecule has 0 aliphatic carbocycles. The summed E-state index contributed by atoms with van der Waals surface area (Å²) in [5, 5.41) is 7.54. The van der Waals surface area contributed by atoms with Crippen molar-refractivity contribution in [2.24, 2.45) is 7.05 Å². The summed E-state index contributed by atoms with van der Waals surface area (Å²) in [6, 6.07) is 4.85. The number of rotatable bonds is 3. The van der Waals surface area contributed by atoms with Gasteiger partial charge in [-0.1, -0.05) is 11.6 Å². The summed E-state index contributed by atoms with van der Waals surface area (Å²) in [5.41, 5.74) is 9.51. The highest BCUT2D eigenvalue weighted by Crippen LogP contribution is 2.19. The summed E-state index contributed by atoms with van der Waals surface area (Å²) >= 11 is 6.01. The molecule has 0 aliphatic heterocycles. The Morgan fingerprint density at radius 1 is 1.45 bits per heavy atom. The average molecular weight is 293 g/mol. The normalized spacial score (nSPS) is 10.6. The fraction of sp³-hybridized carbons (Fsp3) is 0.286. The molecule has 1 amide bonds. The number of benzene rings is 1. The molecule has 6 heteroatoms. The van der Waals surface area contributed by atoms with Gasteiger partial charge < -0.3 is 11.1 Å². The van der Waals surface area contributed by atoms with E-state index in [0.717, 1.165) is 17.0 Å². The van der Waals surface area contributed by atoms with E-state index in [-0.39, 0.29) is 5.91 Å². The lowest BCUT2D eigenvalue weighted by molar-refractivity contribution is 0.0951. The van der Waals surface area contributed by atoms with Gasteiger partial charge in [-0.25, -0.2) is 0 Å². The zero-order valence-corrected chi connectivity index (χ0v) is 12.5. The Morgan fingerprint density at radius 3 is 2.75 bits per heavy atom. The van der Waals surface area contributed by atoms with E-state index in [1.54, 1.807) is 22.9 Å². The number of nitrogen functional groups attached to an aromatic ring is 1. The molecule has 0 unspecified atom stereocenters. The fourth-order valence-corrected chi connectivity index (χ4v) is 2.26. The van der Waals surface area contributed by atoms with Gasteiger partial charge in [0.05, 0.1) is 16.3 Å². The van der Waals surface area contributed by atoms with Gasteiger partial charge in [-0.15, -0.1) is 0 Å². The van der Waals surface area contributed by atoms with Crippen molar-refractivity contribution < 1.29 is 4.79 Å². The Balaban J connectivity index is 2.15. The fourth-order valence-electron chi connectivity index (χ4n) is 2.05. The largest absolute Gasteiger partial charge is 0.399 e. The summed E-state index contributed by atoms with van der Waals surface area (Å²) in [6.45, 7) is 4.30. The molecule has 2 aromatic rings. The molecular weight excluding hydrogens is 276 g/mol. The molecule has 0 spiro atoms. The van der Waals surface area contributed by atoms with Gasteiger partial charge in [-0.05, 0) is 32.0 Å². The minimum atomic E-state index is -0.245. The van der Waals surface area contributed by atoms with Gasteiger partial charge in [-0.3, -0.25) is 9.48 Å². The maximum Gasteiger partial charge on any atom is 0.253 e. The lowest BCUT2D eigenvalue weighted by Crippen LogP contribution is -2.23. The van der Waals surface area contributed by atoms with Crippen LogP contribution >= 0.6 is 11.6 Å². The number of carbonyl (C=O) groups excluding carboxylic acids is 1. The highest BCUT2D eigenvalue weighted by atomic mass is 35.5. The third-order valence-electron chi connectivity index (χ3n) is 3.32. The van der Waals surface area contributed by atoms with Crippen LogP contribution in [0.15, 0.2) is 18.2 Å². The molecule has 0 aliphatic rings. The molecule has 1 heterocycles. The highest BCUT2D eigenvalue weighted by Gasteiger charge is 2.13. The van der Waals surface area contributed by atoms with Gasteiger partial charge in [0.15, 0.2) is 0 Å². The molecule has 2 rings (SSSR count). The lowest BCUT2D eigenvalue weighted by atomic mass is 10.1. The number of nitrogens with zero attached hydrogens (tertiary/aromatic N) is 2. The summed E-state index contributed by atoms with van der Waals surface area (Å²) in [5.74, 6) is -0.245. The first-order valence-corrected chi connectivity index (χ1v) is 6.60. The molecule has 1 aromatic heterocycles. The van der Waals surface area contributed by atoms with Gasteiger partial charge in [0.25, 0.3) is 5.91 Å². The molecule has 0 bridgehead atoms. The van der Waals surface area contributed by atoms with Gasteiger partial charge >= 0.3 is 0 Å². The Morgan fingerprint density at radius 2 is 2.15 bits per heavy atom. The number of hydrogen-bond acceptors (Lipinski definition) is 3. The Kier molecular flexibility index (Phi) is 3.99. The molecule has 0 saturated heterocycles. The maximum atomic E-state index is 12.1. The van der Waals surface area contributed by atoms with Crippen LogP contribution in [0.1, 0.15) is 27.3 Å². The molecule has 1 aromatic carbocycles. The lowest BCUT2D eigenvalue weighted by Gasteiger charge is -2.08. The van der Waals surface area contributed by atoms with Gasteiger partial charge in [0.1, 0.15) is 0 Å². The van der Waals surface area contributed by atoms with Gasteiger partial charge in [0.2, 0.25) is 0 Å². The molecule has 0 saturated carbocycles. The molecule has 106 valence electrons. The van der Waals surface area contributed by atoms with Crippen molar-refractivity contribution in [1.29, 1.82) is 0 Å². The molecular formula is C14H17ClN4O. The van der Waals surface area contributed by atoms with Crippen molar-refractivity contribution in [3.05, 3.63) is 45.7 Å². The number of anilines is 1. The zero-order chi connectivity index (χ0) is 14.9. The second-order valence-electron chi connectivity index (χ2n) is 4.69. The number of aromatic nitrogens is 2. The van der Waals surface area contributed by atoms with Crippen molar-refractivity contribution in [2.45, 2.75) is 20.4 Å². The molecule has 0 radical (unpaired) electrons. The van der Waals surface area contributed by atoms with Crippen molar-refractivity contribution in [3.8, 4) is 0 Å². The van der Waals surface area contributed by atoms with Gasteiger partial charge in [0, 0.05) is 30.5 Å². The molecule has 20 heavy (non-hydrogen) atoms. The second kappa shape index (κ2) is 5.54. The van der Waals surface area contributed by atoms with Crippen LogP contribution in [-0.4, -0.2) is 15.7 Å². The molecule has 0 fully saturated rings. The van der Waals surface area contributed by atoms with Gasteiger partial charge in [-0.2, -0.15) is 5.10 Å². The summed E-state index contributed by atoms with van der Waals surface area (Å²) in [4.78, 5) is 12.1. The third kappa shape index (κ3) is 2.77. The van der Waals surface area contributed by atoms with E-state index >= 15 is 0 Å². The van der Waals surface area contributed by atoms with Crippen LogP contribution in [0.25, 0.3) is 0 Å². The maximum absolute atomic E-state index is 12.1. The van der Waals surface area contributed by atoms with Crippen LogP contribution < -0.4 is 11.1 Å². The SMILES string of the molecule is Cc1nn(C)c(C)c1CNC(=O)c1cc(N)ccc1Cl. The first kappa shape index (κ1) is 14.4. The Labute approximate surface area is 122 Å². The molecule has 0 atom stereocenters. The Bertz CT molecular complexity index is 663. The minimum absolute atomic E-state index is 0.245. The molecule has 5 nitrogen and oxygen atoms in total. The number of halogens is 1. The van der Waals surface area contributed by atoms with Crippen LogP contribution in [0, 0.1) is 13.8 Å². The first-order chi connectivity index (χ1) is 9.40. The third-order valence-corrected chi connectivity index (χ3v) is 3.65. The topological polar surface area (TPSA) is 72.9 Å². The van der Waals surface area contributed by atoms with E-state index < -0.39 is 0 Å². The molecule has 3 N–H and O–H groups in total. The standard InChI is InChI=1S/C14H17ClN4O/c1-8-12(9(2)19(3)18-8)7-17-14(20)11-6-10(16)4-5-13(11)15/h4-6H,7,16H2,1-3H3,(H,17,20). The zero-order valence-electron chi connectivity index (χ0n) is 11.7. The number of nitrogens with two attached hydrogens (primary N) is 1. The quantitative estimate of drug-likeness (QED) is 0.852. The van der Waals surface area contributed by atoms with E-state index in [0.29, 0.717) is 22.8 Å². The number of nitrogens with one attached hydrogen (secondary N) is 1. The highest BCUT2D eigenvalue weighted by molar-refractivity contribution is 6.34. The number of hydrogen-bond donors (Lipinski definition) is 2. The number of carbonyl (C=O) groups is 1. The van der Waals surface area contributed by atoms with Crippen molar-refractivity contribution in [2.75, 3.05) is 5.73 Å².